The fourth-order valence-corrected chi connectivity index (χ4v) is 51.2. The molecule has 6 saturated heterocycles. The van der Waals surface area contributed by atoms with E-state index >= 15 is 0 Å². The van der Waals surface area contributed by atoms with Crippen LogP contribution in [0.5, 0.6) is 0 Å². The SMILES string of the molecule is CC(C)(Br)C(=O)OCC[Si]12O[Si]3(C)O[Si]4(C)O[Si]5(C)O[Si](C)(O3)O[Si](c3ccccc3)(O[Si](C)(O5)O[Si](C)(O4)O1)O2. The molecule has 0 aromatic heterocycles. The molecule has 0 amide bonds. The molecule has 41 heavy (non-hydrogen) atoms. The molecule has 0 spiro atoms. The molecule has 228 valence electrons. The van der Waals surface area contributed by atoms with Crippen molar-refractivity contribution < 1.29 is 58.9 Å². The molecule has 0 aliphatic carbocycles. The van der Waals surface area contributed by atoms with E-state index in [4.69, 9.17) is 54.1 Å². The number of benzene rings is 1. The van der Waals surface area contributed by atoms with Crippen molar-refractivity contribution in [1.82, 2.24) is 0 Å². The topological polar surface area (TPSA) is 137 Å². The molecule has 7 rings (SSSR count). The van der Waals surface area contributed by atoms with Gasteiger partial charge >= 0.3 is 76.4 Å². The lowest BCUT2D eigenvalue weighted by molar-refractivity contribution is -0.145. The molecule has 23 heteroatoms. The van der Waals surface area contributed by atoms with Crippen molar-refractivity contribution >= 4 is 97.5 Å². The highest BCUT2D eigenvalue weighted by atomic mass is 79.9. The molecule has 6 aliphatic heterocycles. The standard InChI is InChI=1S/C18H33BrO14Si8/c1-18(2,19)17(20)21-14-15-40-29-36(5)23-34(3)22-35(4)25-38(7,27-36)31-41(33-40,16-12-10-9-11-13-16)32-39(8,26-35)28-37(6,24-34)30-40/h9-13H,14-15H2,1-8H3. The van der Waals surface area contributed by atoms with E-state index in [-0.39, 0.29) is 12.7 Å². The van der Waals surface area contributed by atoms with Gasteiger partial charge in [-0.3, -0.25) is 4.79 Å². The fourth-order valence-electron chi connectivity index (χ4n) is 5.53. The molecular weight excluding hydrogens is 745 g/mol. The van der Waals surface area contributed by atoms with Crippen molar-refractivity contribution in [3.8, 4) is 0 Å². The number of hydrogen-bond acceptors (Lipinski definition) is 14. The van der Waals surface area contributed by atoms with Gasteiger partial charge in [-0.1, -0.05) is 46.3 Å². The molecule has 8 bridgehead atoms. The summed E-state index contributed by atoms with van der Waals surface area (Å²) < 4.78 is 85.8. The van der Waals surface area contributed by atoms with Crippen LogP contribution in [0.3, 0.4) is 0 Å². The molecule has 6 heterocycles. The Morgan fingerprint density at radius 2 is 1.05 bits per heavy atom. The van der Waals surface area contributed by atoms with Crippen LogP contribution in [0, 0.1) is 0 Å². The number of halogens is 1. The minimum absolute atomic E-state index is 0.0184. The first-order valence-corrected chi connectivity index (χ1v) is 30.8. The van der Waals surface area contributed by atoms with E-state index in [9.17, 15) is 4.79 Å². The summed E-state index contributed by atoms with van der Waals surface area (Å²) in [6.45, 7) is 13.6. The van der Waals surface area contributed by atoms with Crippen LogP contribution in [0.15, 0.2) is 30.3 Å². The van der Waals surface area contributed by atoms with E-state index in [1.807, 2.05) is 30.3 Å². The third-order valence-electron chi connectivity index (χ3n) is 6.46. The molecule has 14 nitrogen and oxygen atoms in total. The number of rotatable bonds is 5. The zero-order valence-electron chi connectivity index (χ0n) is 23.9. The minimum atomic E-state index is -4.08. The number of alkyl halides is 1. The molecule has 1 aromatic carbocycles. The second-order valence-electron chi connectivity index (χ2n) is 11.4. The monoisotopic (exact) mass is 776 g/mol. The number of ether oxygens (including phenoxy) is 1. The highest BCUT2D eigenvalue weighted by Gasteiger charge is 2.80. The largest absolute Gasteiger partial charge is 0.515 e. The highest BCUT2D eigenvalue weighted by molar-refractivity contribution is 9.10. The summed E-state index contributed by atoms with van der Waals surface area (Å²) in [4.78, 5) is 12.6. The summed E-state index contributed by atoms with van der Waals surface area (Å²) in [6, 6.07) is 9.25. The lowest BCUT2D eigenvalue weighted by atomic mass is 10.2. The quantitative estimate of drug-likeness (QED) is 0.246. The van der Waals surface area contributed by atoms with Gasteiger partial charge in [0.25, 0.3) is 0 Å². The number of carbonyl (C=O) groups is 1. The third-order valence-corrected chi connectivity index (χ3v) is 42.3. The Balaban J connectivity index is 1.55. The van der Waals surface area contributed by atoms with E-state index in [1.54, 1.807) is 53.1 Å². The average Bonchev–Trinajstić information content (AvgIpc) is 2.72. The zero-order valence-corrected chi connectivity index (χ0v) is 33.5. The van der Waals surface area contributed by atoms with Gasteiger partial charge < -0.3 is 54.1 Å². The fraction of sp³-hybridized carbons (Fsp3) is 0.611. The molecule has 0 saturated carbocycles. The molecule has 6 fully saturated rings. The van der Waals surface area contributed by atoms with Gasteiger partial charge in [0.05, 0.1) is 12.7 Å². The van der Waals surface area contributed by atoms with Crippen LogP contribution >= 0.6 is 15.9 Å². The van der Waals surface area contributed by atoms with Crippen LogP contribution in [-0.4, -0.2) is 87.3 Å². The lowest BCUT2D eigenvalue weighted by Gasteiger charge is -2.61. The van der Waals surface area contributed by atoms with Gasteiger partial charge in [0.15, 0.2) is 0 Å². The zero-order chi connectivity index (χ0) is 29.8. The maximum absolute atomic E-state index is 12.6. The predicted octanol–water partition coefficient (Wildman–Crippen LogP) is 2.17. The Hall–Kier alpha value is 0.425. The number of hydrogen-bond donors (Lipinski definition) is 0. The van der Waals surface area contributed by atoms with Crippen molar-refractivity contribution in [2.45, 2.75) is 63.5 Å². The van der Waals surface area contributed by atoms with Gasteiger partial charge in [0, 0.05) is 44.5 Å². The number of esters is 1. The van der Waals surface area contributed by atoms with E-state index in [1.165, 1.54) is 0 Å². The first-order valence-electron chi connectivity index (χ1n) is 13.0. The van der Waals surface area contributed by atoms with Crippen LogP contribution in [0.2, 0.25) is 45.3 Å². The smallest absolute Gasteiger partial charge is 0.465 e. The summed E-state index contributed by atoms with van der Waals surface area (Å²) in [6.07, 6.45) is 0. The minimum Gasteiger partial charge on any atom is -0.465 e. The summed E-state index contributed by atoms with van der Waals surface area (Å²) in [5, 5.41) is 0.608. The van der Waals surface area contributed by atoms with Crippen molar-refractivity contribution in [1.29, 1.82) is 0 Å². The van der Waals surface area contributed by atoms with E-state index in [2.05, 4.69) is 15.9 Å². The summed E-state index contributed by atoms with van der Waals surface area (Å²) >= 11 is 3.34. The first kappa shape index (κ1) is 31.4. The van der Waals surface area contributed by atoms with Crippen molar-refractivity contribution in [2.75, 3.05) is 6.61 Å². The number of carbonyl (C=O) groups excluding carboxylic acids is 1. The lowest BCUT2D eigenvalue weighted by Crippen LogP contribution is -2.88. The average molecular weight is 778 g/mol. The summed E-state index contributed by atoms with van der Waals surface area (Å²) in [7, 11) is -30.4. The first-order chi connectivity index (χ1) is 18.7. The maximum atomic E-state index is 12.6. The van der Waals surface area contributed by atoms with Crippen molar-refractivity contribution in [3.63, 3.8) is 0 Å². The van der Waals surface area contributed by atoms with Gasteiger partial charge in [-0.15, -0.1) is 0 Å². The molecule has 1 aromatic rings. The molecule has 4 atom stereocenters. The Morgan fingerprint density at radius 3 is 1.46 bits per heavy atom. The van der Waals surface area contributed by atoms with Crippen LogP contribution in [0.4, 0.5) is 0 Å². The van der Waals surface area contributed by atoms with Crippen molar-refractivity contribution in [3.05, 3.63) is 30.3 Å². The molecule has 6 aliphatic rings. The van der Waals surface area contributed by atoms with Crippen LogP contribution in [-0.2, 0) is 58.9 Å². The second-order valence-corrected chi connectivity index (χ2v) is 37.0. The Morgan fingerprint density at radius 1 is 0.659 bits per heavy atom. The third kappa shape index (κ3) is 6.04. The van der Waals surface area contributed by atoms with Gasteiger partial charge in [-0.05, 0) is 13.8 Å². The summed E-state index contributed by atoms with van der Waals surface area (Å²) in [5.41, 5.74) is 0. The molecule has 0 radical (unpaired) electrons. The highest BCUT2D eigenvalue weighted by Crippen LogP contribution is 2.48. The van der Waals surface area contributed by atoms with E-state index < -0.39 is 80.7 Å². The van der Waals surface area contributed by atoms with Gasteiger partial charge in [-0.2, -0.15) is 0 Å². The molecule has 0 N–H and O–H groups in total. The van der Waals surface area contributed by atoms with Gasteiger partial charge in [0.1, 0.15) is 4.32 Å². The van der Waals surface area contributed by atoms with Crippen molar-refractivity contribution in [2.24, 2.45) is 0 Å². The van der Waals surface area contributed by atoms with Crippen LogP contribution in [0.1, 0.15) is 13.8 Å². The van der Waals surface area contributed by atoms with Crippen LogP contribution in [0.25, 0.3) is 0 Å². The Labute approximate surface area is 255 Å². The second kappa shape index (κ2) is 9.71. The molecular formula is C18H33BrO14Si8. The normalized spacial score (nSPS) is 49.0. The Bertz CT molecular complexity index is 1200. The van der Waals surface area contributed by atoms with Gasteiger partial charge in [0.2, 0.25) is 0 Å². The Kier molecular flexibility index (Phi) is 7.44. The van der Waals surface area contributed by atoms with E-state index in [0.717, 1.165) is 0 Å². The van der Waals surface area contributed by atoms with E-state index in [0.29, 0.717) is 5.19 Å². The predicted molar refractivity (Wildman–Crippen MR) is 159 cm³/mol. The molecule has 4 unspecified atom stereocenters. The van der Waals surface area contributed by atoms with Gasteiger partial charge in [-0.25, -0.2) is 0 Å². The van der Waals surface area contributed by atoms with Crippen LogP contribution < -0.4 is 5.19 Å². The maximum Gasteiger partial charge on any atom is 0.515 e. The summed E-state index contributed by atoms with van der Waals surface area (Å²) in [5.74, 6) is -0.464.